The molecule has 0 N–H and O–H groups in total. The number of rotatable bonds is 7. The van der Waals surface area contributed by atoms with Crippen molar-refractivity contribution in [3.8, 4) is 0 Å². The van der Waals surface area contributed by atoms with Gasteiger partial charge in [0.2, 0.25) is 0 Å². The van der Waals surface area contributed by atoms with E-state index in [4.69, 9.17) is 8.23 Å². The van der Waals surface area contributed by atoms with E-state index in [1.54, 1.807) is 0 Å². The lowest BCUT2D eigenvalue weighted by Gasteiger charge is -2.29. The molecule has 15 heavy (non-hydrogen) atoms. The molecule has 0 rings (SSSR count). The lowest BCUT2D eigenvalue weighted by molar-refractivity contribution is 0.414. The van der Waals surface area contributed by atoms with Crippen LogP contribution in [0.3, 0.4) is 0 Å². The van der Waals surface area contributed by atoms with Crippen LogP contribution in [0.15, 0.2) is 0 Å². The van der Waals surface area contributed by atoms with E-state index in [0.29, 0.717) is 0 Å². The zero-order valence-electron chi connectivity index (χ0n) is 11.4. The topological polar surface area (TPSA) is 18.5 Å². The van der Waals surface area contributed by atoms with E-state index >= 15 is 0 Å². The first-order valence-electron chi connectivity index (χ1n) is 5.88. The van der Waals surface area contributed by atoms with Crippen LogP contribution in [-0.2, 0) is 8.23 Å². The Hall–Kier alpha value is 0.571. The van der Waals surface area contributed by atoms with Crippen LogP contribution < -0.4 is 0 Å². The van der Waals surface area contributed by atoms with Crippen LogP contribution in [0.5, 0.6) is 0 Å². The second-order valence-electron chi connectivity index (χ2n) is 5.90. The zero-order chi connectivity index (χ0) is 12.1. The summed E-state index contributed by atoms with van der Waals surface area (Å²) in [5, 5.41) is 0. The number of hydrogen-bond donors (Lipinski definition) is 0. The Kier molecular flexibility index (Phi) is 6.58. The molecule has 0 aliphatic heterocycles. The summed E-state index contributed by atoms with van der Waals surface area (Å²) in [6.07, 6.45) is 2.47. The van der Waals surface area contributed by atoms with Gasteiger partial charge in [0, 0.05) is 0 Å². The van der Waals surface area contributed by atoms with Crippen molar-refractivity contribution in [2.75, 3.05) is 0 Å². The Morgan fingerprint density at radius 3 is 1.53 bits per heavy atom. The van der Waals surface area contributed by atoms with Gasteiger partial charge in [-0.05, 0) is 45.3 Å². The van der Waals surface area contributed by atoms with Crippen molar-refractivity contribution in [3.05, 3.63) is 0 Å². The second kappa shape index (κ2) is 6.34. The molecule has 1 radical (unpaired) electrons. The van der Waals surface area contributed by atoms with Crippen LogP contribution in [0.2, 0.25) is 45.3 Å². The van der Waals surface area contributed by atoms with Gasteiger partial charge in [-0.1, -0.05) is 19.8 Å². The monoisotopic (exact) mass is 263 g/mol. The molecule has 0 aromatic carbocycles. The smallest absolute Gasteiger partial charge is 0.362 e. The Bertz CT molecular complexity index is 156. The first-order chi connectivity index (χ1) is 6.64. The summed E-state index contributed by atoms with van der Waals surface area (Å²) < 4.78 is 12.3. The van der Waals surface area contributed by atoms with E-state index in [0.717, 1.165) is 6.04 Å². The van der Waals surface area contributed by atoms with E-state index in [1.807, 2.05) is 0 Å². The van der Waals surface area contributed by atoms with Gasteiger partial charge in [0.15, 0.2) is 16.6 Å². The number of unbranched alkanes of at least 4 members (excludes halogenated alkanes) is 1. The molecule has 0 saturated heterocycles. The maximum Gasteiger partial charge on any atom is 0.362 e. The van der Waals surface area contributed by atoms with Gasteiger partial charge in [0.25, 0.3) is 0 Å². The summed E-state index contributed by atoms with van der Waals surface area (Å²) in [6.45, 7) is 15.7. The summed E-state index contributed by atoms with van der Waals surface area (Å²) in [7, 11) is -3.85. The minimum absolute atomic E-state index is 0.999. The lowest BCUT2D eigenvalue weighted by atomic mass is 10.4. The third kappa shape index (κ3) is 10.8. The molecule has 0 saturated carbocycles. The fraction of sp³-hybridized carbons (Fsp3) is 1.00. The van der Waals surface area contributed by atoms with Gasteiger partial charge in [-0.2, -0.15) is 0 Å². The van der Waals surface area contributed by atoms with Gasteiger partial charge in [-0.3, -0.25) is 0 Å². The third-order valence-corrected chi connectivity index (χ3v) is 9.06. The van der Waals surface area contributed by atoms with E-state index in [-0.39, 0.29) is 0 Å². The summed E-state index contributed by atoms with van der Waals surface area (Å²) in [5.74, 6) is 0. The van der Waals surface area contributed by atoms with Gasteiger partial charge >= 0.3 is 9.28 Å². The van der Waals surface area contributed by atoms with Crippen LogP contribution in [0.1, 0.15) is 19.8 Å². The van der Waals surface area contributed by atoms with Crippen molar-refractivity contribution < 1.29 is 8.23 Å². The highest BCUT2D eigenvalue weighted by atomic mass is 28.4. The molecule has 91 valence electrons. The molecular weight excluding hydrogens is 236 g/mol. The standard InChI is InChI=1S/C10H27O2Si3/c1-8-9-10-13(11-14(2,3)4)12-15(5,6)7/h8-10H2,1-7H3. The minimum atomic E-state index is -1.43. The maximum atomic E-state index is 6.17. The molecule has 0 amide bonds. The Morgan fingerprint density at radius 2 is 1.27 bits per heavy atom. The molecule has 0 aliphatic rings. The van der Waals surface area contributed by atoms with Crippen LogP contribution in [0, 0.1) is 0 Å². The average Bonchev–Trinajstić information content (AvgIpc) is 1.94. The predicted molar refractivity (Wildman–Crippen MR) is 74.3 cm³/mol. The molecule has 0 aromatic rings. The third-order valence-electron chi connectivity index (χ3n) is 1.57. The molecule has 0 heterocycles. The van der Waals surface area contributed by atoms with Crippen molar-refractivity contribution in [3.63, 3.8) is 0 Å². The molecule has 0 unspecified atom stereocenters. The van der Waals surface area contributed by atoms with E-state index in [1.165, 1.54) is 12.8 Å². The highest BCUT2D eigenvalue weighted by Crippen LogP contribution is 2.16. The molecule has 0 bridgehead atoms. The molecule has 0 atom stereocenters. The summed E-state index contributed by atoms with van der Waals surface area (Å²) in [4.78, 5) is 0. The van der Waals surface area contributed by atoms with Crippen LogP contribution in [0.4, 0.5) is 0 Å². The maximum absolute atomic E-state index is 6.17. The lowest BCUT2D eigenvalue weighted by Crippen LogP contribution is -2.43. The van der Waals surface area contributed by atoms with Gasteiger partial charge in [0.05, 0.1) is 0 Å². The number of hydrogen-bond acceptors (Lipinski definition) is 2. The zero-order valence-corrected chi connectivity index (χ0v) is 14.4. The van der Waals surface area contributed by atoms with Crippen molar-refractivity contribution >= 4 is 25.9 Å². The molecule has 0 aliphatic carbocycles. The van der Waals surface area contributed by atoms with Gasteiger partial charge in [-0.25, -0.2) is 0 Å². The van der Waals surface area contributed by atoms with E-state index in [9.17, 15) is 0 Å². The SMILES string of the molecule is CCCC[Si](O[Si](C)(C)C)O[Si](C)(C)C. The summed E-state index contributed by atoms with van der Waals surface area (Å²) in [6, 6.07) is 1.15. The van der Waals surface area contributed by atoms with Crippen LogP contribution >= 0.6 is 0 Å². The highest BCUT2D eigenvalue weighted by molar-refractivity contribution is 6.81. The minimum Gasteiger partial charge on any atom is -0.436 e. The van der Waals surface area contributed by atoms with Gasteiger partial charge in [0.1, 0.15) is 0 Å². The Morgan fingerprint density at radius 1 is 0.867 bits per heavy atom. The van der Waals surface area contributed by atoms with Crippen LogP contribution in [-0.4, -0.2) is 25.9 Å². The molecule has 2 nitrogen and oxygen atoms in total. The molecule has 5 heteroatoms. The first-order valence-corrected chi connectivity index (χ1v) is 14.2. The summed E-state index contributed by atoms with van der Waals surface area (Å²) >= 11 is 0. The second-order valence-corrected chi connectivity index (χ2v) is 17.2. The van der Waals surface area contributed by atoms with Crippen LogP contribution in [0.25, 0.3) is 0 Å². The van der Waals surface area contributed by atoms with Crippen molar-refractivity contribution in [2.45, 2.75) is 65.1 Å². The van der Waals surface area contributed by atoms with Crippen molar-refractivity contribution in [1.82, 2.24) is 0 Å². The highest BCUT2D eigenvalue weighted by Gasteiger charge is 2.29. The fourth-order valence-corrected chi connectivity index (χ4v) is 8.59. The molecule has 0 fully saturated rings. The van der Waals surface area contributed by atoms with Gasteiger partial charge in [-0.15, -0.1) is 0 Å². The molecule has 0 aromatic heterocycles. The largest absolute Gasteiger partial charge is 0.436 e. The quantitative estimate of drug-likeness (QED) is 0.647. The fourth-order valence-electron chi connectivity index (χ4n) is 1.13. The van der Waals surface area contributed by atoms with Crippen molar-refractivity contribution in [2.24, 2.45) is 0 Å². The molecular formula is C10H27O2Si3. The predicted octanol–water partition coefficient (Wildman–Crippen LogP) is 3.98. The molecule has 0 spiro atoms. The first kappa shape index (κ1) is 15.6. The van der Waals surface area contributed by atoms with E-state index < -0.39 is 25.9 Å². The van der Waals surface area contributed by atoms with Gasteiger partial charge < -0.3 is 8.23 Å². The average molecular weight is 264 g/mol. The van der Waals surface area contributed by atoms with Crippen molar-refractivity contribution in [1.29, 1.82) is 0 Å². The Labute approximate surface area is 99.5 Å². The normalized spacial score (nSPS) is 13.6. The summed E-state index contributed by atoms with van der Waals surface area (Å²) in [5.41, 5.74) is 0. The Balaban J connectivity index is 4.19. The van der Waals surface area contributed by atoms with E-state index in [2.05, 4.69) is 46.2 Å².